The lowest BCUT2D eigenvalue weighted by Crippen LogP contribution is -2.41. The summed E-state index contributed by atoms with van der Waals surface area (Å²) in [5.41, 5.74) is 8.07. The molecule has 1 aromatic carbocycles. The molecule has 0 amide bonds. The zero-order valence-electron chi connectivity index (χ0n) is 12.0. The molecule has 0 bridgehead atoms. The highest BCUT2D eigenvalue weighted by Crippen LogP contribution is 2.33. The van der Waals surface area contributed by atoms with E-state index in [1.54, 1.807) is 0 Å². The molecule has 1 aliphatic rings. The van der Waals surface area contributed by atoms with Crippen molar-refractivity contribution in [3.8, 4) is 0 Å². The molecule has 0 saturated heterocycles. The van der Waals surface area contributed by atoms with Crippen molar-refractivity contribution in [1.82, 2.24) is 0 Å². The van der Waals surface area contributed by atoms with Crippen LogP contribution in [0.1, 0.15) is 57.4 Å². The van der Waals surface area contributed by atoms with Gasteiger partial charge in [0.1, 0.15) is 0 Å². The number of hydrogen-bond donors (Lipinski definition) is 1. The minimum absolute atomic E-state index is 0.0241. The van der Waals surface area contributed by atoms with Crippen LogP contribution in [0.2, 0.25) is 0 Å². The number of rotatable bonds is 4. The molecule has 19 heavy (non-hydrogen) atoms. The van der Waals surface area contributed by atoms with E-state index in [1.165, 1.54) is 50.5 Å². The average molecular weight is 324 g/mol. The Morgan fingerprint density at radius 1 is 1.21 bits per heavy atom. The lowest BCUT2D eigenvalue weighted by molar-refractivity contribution is 0.355. The quantitative estimate of drug-likeness (QED) is 0.769. The highest BCUT2D eigenvalue weighted by molar-refractivity contribution is 9.10. The second-order valence-electron chi connectivity index (χ2n) is 6.25. The van der Waals surface area contributed by atoms with Crippen molar-refractivity contribution >= 4 is 15.9 Å². The van der Waals surface area contributed by atoms with Crippen LogP contribution in [0, 0.1) is 5.92 Å². The number of benzene rings is 1. The van der Waals surface area contributed by atoms with Gasteiger partial charge in [0.25, 0.3) is 0 Å². The van der Waals surface area contributed by atoms with E-state index in [0.29, 0.717) is 0 Å². The first-order chi connectivity index (χ1) is 9.11. The van der Waals surface area contributed by atoms with Crippen molar-refractivity contribution in [3.63, 3.8) is 0 Å². The molecule has 2 unspecified atom stereocenters. The summed E-state index contributed by atoms with van der Waals surface area (Å²) in [5.74, 6) is 0.917. The second kappa shape index (κ2) is 6.90. The maximum Gasteiger partial charge on any atom is 0.0195 e. The standard InChI is InChI=1S/C17H26BrN/c1-2-4-14-5-3-11-17(19,12-10-14)13-15-6-8-16(18)9-7-15/h6-9,14H,2-5,10-13,19H2,1H3. The Morgan fingerprint density at radius 2 is 1.95 bits per heavy atom. The van der Waals surface area contributed by atoms with Gasteiger partial charge in [0.2, 0.25) is 0 Å². The van der Waals surface area contributed by atoms with Gasteiger partial charge in [-0.1, -0.05) is 60.7 Å². The van der Waals surface area contributed by atoms with Gasteiger partial charge in [-0.05, 0) is 49.3 Å². The molecular formula is C17H26BrN. The Balaban J connectivity index is 1.96. The largest absolute Gasteiger partial charge is 0.325 e. The van der Waals surface area contributed by atoms with Gasteiger partial charge < -0.3 is 5.73 Å². The van der Waals surface area contributed by atoms with Crippen LogP contribution in [0.5, 0.6) is 0 Å². The third kappa shape index (κ3) is 4.61. The lowest BCUT2D eigenvalue weighted by atomic mass is 9.84. The molecule has 106 valence electrons. The fourth-order valence-corrected chi connectivity index (χ4v) is 3.65. The molecule has 1 fully saturated rings. The summed E-state index contributed by atoms with van der Waals surface area (Å²) >= 11 is 3.49. The van der Waals surface area contributed by atoms with Crippen LogP contribution in [-0.2, 0) is 6.42 Å². The first-order valence-corrected chi connectivity index (χ1v) is 8.44. The SMILES string of the molecule is CCCC1CCCC(N)(Cc2ccc(Br)cc2)CC1. The first-order valence-electron chi connectivity index (χ1n) is 7.65. The highest BCUT2D eigenvalue weighted by Gasteiger charge is 2.29. The highest BCUT2D eigenvalue weighted by atomic mass is 79.9. The molecule has 1 nitrogen and oxygen atoms in total. The summed E-state index contributed by atoms with van der Waals surface area (Å²) in [7, 11) is 0. The van der Waals surface area contributed by atoms with Crippen molar-refractivity contribution in [2.75, 3.05) is 0 Å². The topological polar surface area (TPSA) is 26.0 Å². The van der Waals surface area contributed by atoms with Crippen molar-refractivity contribution in [2.45, 2.75) is 63.8 Å². The van der Waals surface area contributed by atoms with Crippen LogP contribution in [0.4, 0.5) is 0 Å². The Bertz CT molecular complexity index is 387. The minimum Gasteiger partial charge on any atom is -0.325 e. The molecule has 1 saturated carbocycles. The summed E-state index contributed by atoms with van der Waals surface area (Å²) < 4.78 is 1.14. The lowest BCUT2D eigenvalue weighted by Gasteiger charge is -2.28. The average Bonchev–Trinajstić information content (AvgIpc) is 2.56. The fraction of sp³-hybridized carbons (Fsp3) is 0.647. The van der Waals surface area contributed by atoms with Gasteiger partial charge in [-0.25, -0.2) is 0 Å². The molecule has 0 spiro atoms. The van der Waals surface area contributed by atoms with Gasteiger partial charge in [0.05, 0.1) is 0 Å². The van der Waals surface area contributed by atoms with Gasteiger partial charge in [-0.15, -0.1) is 0 Å². The summed E-state index contributed by atoms with van der Waals surface area (Å²) in [6.45, 7) is 2.29. The van der Waals surface area contributed by atoms with Crippen LogP contribution in [0.3, 0.4) is 0 Å². The predicted molar refractivity (Wildman–Crippen MR) is 86.2 cm³/mol. The predicted octanol–water partition coefficient (Wildman–Crippen LogP) is 5.07. The van der Waals surface area contributed by atoms with E-state index >= 15 is 0 Å². The third-order valence-electron chi connectivity index (χ3n) is 4.50. The van der Waals surface area contributed by atoms with Gasteiger partial charge in [0.15, 0.2) is 0 Å². The molecular weight excluding hydrogens is 298 g/mol. The van der Waals surface area contributed by atoms with Gasteiger partial charge in [-0.2, -0.15) is 0 Å². The molecule has 2 heteroatoms. The maximum absolute atomic E-state index is 6.68. The molecule has 2 atom stereocenters. The van der Waals surface area contributed by atoms with Crippen LogP contribution < -0.4 is 5.73 Å². The third-order valence-corrected chi connectivity index (χ3v) is 5.03. The van der Waals surface area contributed by atoms with Crippen LogP contribution >= 0.6 is 15.9 Å². The van der Waals surface area contributed by atoms with Crippen molar-refractivity contribution in [1.29, 1.82) is 0 Å². The Hall–Kier alpha value is -0.340. The minimum atomic E-state index is 0.0241. The van der Waals surface area contributed by atoms with Gasteiger partial charge in [0, 0.05) is 10.0 Å². The summed E-state index contributed by atoms with van der Waals surface area (Å²) in [4.78, 5) is 0. The van der Waals surface area contributed by atoms with Crippen molar-refractivity contribution in [2.24, 2.45) is 11.7 Å². The first kappa shape index (κ1) is 15.1. The molecule has 2 N–H and O–H groups in total. The van der Waals surface area contributed by atoms with E-state index in [4.69, 9.17) is 5.73 Å². The second-order valence-corrected chi connectivity index (χ2v) is 7.17. The van der Waals surface area contributed by atoms with E-state index in [2.05, 4.69) is 47.1 Å². The van der Waals surface area contributed by atoms with E-state index in [1.807, 2.05) is 0 Å². The van der Waals surface area contributed by atoms with E-state index < -0.39 is 0 Å². The molecule has 0 radical (unpaired) electrons. The Labute approximate surface area is 126 Å². The molecule has 2 rings (SSSR count). The fourth-order valence-electron chi connectivity index (χ4n) is 3.39. The molecule has 1 aliphatic carbocycles. The summed E-state index contributed by atoms with van der Waals surface area (Å²) in [6, 6.07) is 8.64. The Kier molecular flexibility index (Phi) is 5.47. The summed E-state index contributed by atoms with van der Waals surface area (Å²) in [5, 5.41) is 0. The van der Waals surface area contributed by atoms with Gasteiger partial charge in [-0.3, -0.25) is 0 Å². The Morgan fingerprint density at radius 3 is 2.63 bits per heavy atom. The molecule has 1 aromatic rings. The maximum atomic E-state index is 6.68. The van der Waals surface area contributed by atoms with Crippen LogP contribution in [0.15, 0.2) is 28.7 Å². The van der Waals surface area contributed by atoms with Gasteiger partial charge >= 0.3 is 0 Å². The normalized spacial score (nSPS) is 28.1. The number of halogens is 1. The van der Waals surface area contributed by atoms with E-state index in [-0.39, 0.29) is 5.54 Å². The van der Waals surface area contributed by atoms with Crippen molar-refractivity contribution < 1.29 is 0 Å². The molecule has 0 heterocycles. The van der Waals surface area contributed by atoms with E-state index in [0.717, 1.165) is 16.8 Å². The number of hydrogen-bond acceptors (Lipinski definition) is 1. The zero-order valence-corrected chi connectivity index (χ0v) is 13.6. The van der Waals surface area contributed by atoms with Crippen LogP contribution in [-0.4, -0.2) is 5.54 Å². The molecule has 0 aromatic heterocycles. The number of nitrogens with two attached hydrogens (primary N) is 1. The molecule has 0 aliphatic heterocycles. The van der Waals surface area contributed by atoms with E-state index in [9.17, 15) is 0 Å². The van der Waals surface area contributed by atoms with Crippen molar-refractivity contribution in [3.05, 3.63) is 34.3 Å². The smallest absolute Gasteiger partial charge is 0.0195 e. The van der Waals surface area contributed by atoms with Crippen LogP contribution in [0.25, 0.3) is 0 Å². The summed E-state index contributed by atoms with van der Waals surface area (Å²) in [6.07, 6.45) is 10.1. The monoisotopic (exact) mass is 323 g/mol. The zero-order chi connectivity index (χ0) is 13.7.